The van der Waals surface area contributed by atoms with E-state index in [0.29, 0.717) is 37.7 Å². The number of Topliss-reactive ketones (excluding diaryl/α,β-unsaturated/α-hetero) is 3. The van der Waals surface area contributed by atoms with Crippen molar-refractivity contribution in [2.24, 2.45) is 40.9 Å². The summed E-state index contributed by atoms with van der Waals surface area (Å²) in [6.45, 7) is 16.2. The molecule has 1 saturated heterocycles. The van der Waals surface area contributed by atoms with Crippen LogP contribution in [0, 0.1) is 40.9 Å². The second-order valence-electron chi connectivity index (χ2n) is 17.9. The minimum atomic E-state index is -1.70. The van der Waals surface area contributed by atoms with E-state index in [1.165, 1.54) is 14.0 Å². The van der Waals surface area contributed by atoms with Crippen molar-refractivity contribution < 1.29 is 48.4 Å². The summed E-state index contributed by atoms with van der Waals surface area (Å²) < 4.78 is 18.0. The van der Waals surface area contributed by atoms with Gasteiger partial charge in [-0.25, -0.2) is 0 Å². The molecule has 0 spiro atoms. The monoisotopic (exact) mass is 742 g/mol. The summed E-state index contributed by atoms with van der Waals surface area (Å²) in [6, 6.07) is 0. The van der Waals surface area contributed by atoms with Gasteiger partial charge < -0.3 is 24.4 Å². The largest absolute Gasteiger partial charge is 0.469 e. The van der Waals surface area contributed by atoms with E-state index >= 15 is 0 Å². The molecule has 298 valence electrons. The molecule has 2 N–H and O–H groups in total. The average molecular weight is 743 g/mol. The van der Waals surface area contributed by atoms with Gasteiger partial charge in [0.2, 0.25) is 0 Å². The van der Waals surface area contributed by atoms with Crippen molar-refractivity contribution in [3.8, 4) is 0 Å². The first-order valence-electron chi connectivity index (χ1n) is 19.9. The Kier molecular flexibility index (Phi) is 13.8. The van der Waals surface area contributed by atoms with Gasteiger partial charge in [-0.1, -0.05) is 63.3 Å². The van der Waals surface area contributed by atoms with E-state index in [1.807, 2.05) is 47.6 Å². The SMILES string of the molecule is COC(=O)[C@]12CC(=O)[C@H](C(C)C)CC(=O)[C@H](C)CCC[C@H](C)CC(=O)[C@H]1CC(C)=C1C[C@H](OC(C)=O)[C@](C)(O)[C@H]3CC[C@@](C)(O)[C@H](CC/C(C)=C\[C@@H]12)O3. The molecule has 2 fully saturated rings. The van der Waals surface area contributed by atoms with Crippen molar-refractivity contribution in [1.29, 1.82) is 0 Å². The van der Waals surface area contributed by atoms with Gasteiger partial charge in [-0.2, -0.15) is 0 Å². The Morgan fingerprint density at radius 3 is 2.21 bits per heavy atom. The molecule has 0 aromatic heterocycles. The van der Waals surface area contributed by atoms with Crippen molar-refractivity contribution in [3.05, 3.63) is 22.8 Å². The minimum absolute atomic E-state index is 0.00267. The Labute approximate surface area is 316 Å². The fourth-order valence-electron chi connectivity index (χ4n) is 9.72. The first-order valence-corrected chi connectivity index (χ1v) is 19.9. The summed E-state index contributed by atoms with van der Waals surface area (Å²) in [6.07, 6.45) is 3.43. The zero-order valence-electron chi connectivity index (χ0n) is 33.9. The molecule has 2 bridgehead atoms. The second-order valence-corrected chi connectivity index (χ2v) is 17.9. The van der Waals surface area contributed by atoms with E-state index in [-0.39, 0.29) is 67.2 Å². The van der Waals surface area contributed by atoms with E-state index < -0.39 is 64.6 Å². The van der Waals surface area contributed by atoms with Gasteiger partial charge in [0.15, 0.2) is 0 Å². The molecule has 2 aliphatic carbocycles. The Hall–Kier alpha value is -2.69. The maximum atomic E-state index is 14.8. The van der Waals surface area contributed by atoms with Crippen molar-refractivity contribution in [1.82, 2.24) is 0 Å². The molecule has 1 saturated carbocycles. The summed E-state index contributed by atoms with van der Waals surface area (Å²) in [5.74, 6) is -4.42. The van der Waals surface area contributed by atoms with Gasteiger partial charge in [0, 0.05) is 56.3 Å². The third kappa shape index (κ3) is 9.24. The molecular formula is C43H66O10. The van der Waals surface area contributed by atoms with Crippen LogP contribution in [0.3, 0.4) is 0 Å². The number of hydrogen-bond acceptors (Lipinski definition) is 10. The highest BCUT2D eigenvalue weighted by Gasteiger charge is 2.60. The van der Waals surface area contributed by atoms with Crippen LogP contribution in [-0.4, -0.2) is 76.1 Å². The Morgan fingerprint density at radius 1 is 0.906 bits per heavy atom. The van der Waals surface area contributed by atoms with Crippen LogP contribution >= 0.6 is 0 Å². The minimum Gasteiger partial charge on any atom is -0.469 e. The molecule has 4 rings (SSSR count). The van der Waals surface area contributed by atoms with Gasteiger partial charge in [0.05, 0.1) is 30.3 Å². The zero-order valence-corrected chi connectivity index (χ0v) is 33.9. The highest BCUT2D eigenvalue weighted by Crippen LogP contribution is 2.56. The summed E-state index contributed by atoms with van der Waals surface area (Å²) in [5, 5.41) is 23.7. The van der Waals surface area contributed by atoms with E-state index in [4.69, 9.17) is 14.2 Å². The molecule has 4 aliphatic rings. The highest BCUT2D eigenvalue weighted by molar-refractivity contribution is 5.97. The number of fused-ring (bicyclic) bond motifs is 5. The van der Waals surface area contributed by atoms with Crippen molar-refractivity contribution in [2.45, 2.75) is 169 Å². The lowest BCUT2D eigenvalue weighted by Crippen LogP contribution is -2.60. The summed E-state index contributed by atoms with van der Waals surface area (Å²) in [5.41, 5.74) is -2.12. The van der Waals surface area contributed by atoms with Gasteiger partial charge in [-0.15, -0.1) is 0 Å². The van der Waals surface area contributed by atoms with Crippen molar-refractivity contribution >= 4 is 29.3 Å². The number of allylic oxidation sites excluding steroid dienone is 3. The van der Waals surface area contributed by atoms with Crippen LogP contribution in [0.5, 0.6) is 0 Å². The number of rotatable bonds is 3. The van der Waals surface area contributed by atoms with Crippen LogP contribution in [0.15, 0.2) is 22.8 Å². The molecule has 0 amide bonds. The molecule has 11 atom stereocenters. The number of carbonyl (C=O) groups excluding carboxylic acids is 5. The fraction of sp³-hybridized carbons (Fsp3) is 0.791. The highest BCUT2D eigenvalue weighted by atomic mass is 16.6. The molecule has 0 radical (unpaired) electrons. The van der Waals surface area contributed by atoms with Crippen molar-refractivity contribution in [3.63, 3.8) is 0 Å². The number of ketones is 3. The standard InChI is InChI=1S/C43H66O10/c1-24(2)30-21-34(45)27(5)13-11-12-25(3)19-35(46)33-20-28(6)31-22-39(52-29(7)44)42(9,50)38-16-17-41(8,49)37(53-38)15-14-26(4)18-32(31)43(33,23-36(30)47)40(48)51-10/h18,24-25,27,30,32-33,37-39,49-50H,11-17,19-23H2,1-10H3/b26-18-/t25-,27+,30-,32-,33+,37-,38+,39-,41+,42+,43-/m0/s1. The smallest absolute Gasteiger partial charge is 0.313 e. The topological polar surface area (TPSA) is 154 Å². The molecular weight excluding hydrogens is 676 g/mol. The molecule has 0 unspecified atom stereocenters. The predicted octanol–water partition coefficient (Wildman–Crippen LogP) is 6.82. The third-order valence-corrected chi connectivity index (χ3v) is 13.3. The van der Waals surface area contributed by atoms with Crippen LogP contribution in [0.2, 0.25) is 0 Å². The number of methoxy groups -OCH3 is 1. The van der Waals surface area contributed by atoms with Gasteiger partial charge in [0.25, 0.3) is 0 Å². The molecule has 0 aromatic carbocycles. The number of aliphatic hydroxyl groups is 2. The maximum Gasteiger partial charge on any atom is 0.313 e. The van der Waals surface area contributed by atoms with Crippen LogP contribution in [0.1, 0.15) is 139 Å². The predicted molar refractivity (Wildman–Crippen MR) is 200 cm³/mol. The molecule has 53 heavy (non-hydrogen) atoms. The normalized spacial score (nSPS) is 40.8. The molecule has 2 aliphatic heterocycles. The quantitative estimate of drug-likeness (QED) is 0.233. The van der Waals surface area contributed by atoms with Crippen molar-refractivity contribution in [2.75, 3.05) is 7.11 Å². The zero-order chi connectivity index (χ0) is 39.6. The number of carbonyl (C=O) groups is 5. The Morgan fingerprint density at radius 2 is 1.58 bits per heavy atom. The lowest BCUT2D eigenvalue weighted by molar-refractivity contribution is -0.239. The number of hydrogen-bond donors (Lipinski definition) is 2. The average Bonchev–Trinajstić information content (AvgIpc) is 3.06. The fourth-order valence-corrected chi connectivity index (χ4v) is 9.72. The first-order chi connectivity index (χ1) is 24.6. The van der Waals surface area contributed by atoms with Crippen LogP contribution in [0.25, 0.3) is 0 Å². The maximum absolute atomic E-state index is 14.8. The van der Waals surface area contributed by atoms with E-state index in [9.17, 15) is 34.2 Å². The van der Waals surface area contributed by atoms with Crippen LogP contribution in [-0.2, 0) is 38.2 Å². The van der Waals surface area contributed by atoms with E-state index in [1.54, 1.807) is 13.8 Å². The number of esters is 2. The summed E-state index contributed by atoms with van der Waals surface area (Å²) in [4.78, 5) is 70.5. The molecule has 10 nitrogen and oxygen atoms in total. The summed E-state index contributed by atoms with van der Waals surface area (Å²) >= 11 is 0. The van der Waals surface area contributed by atoms with Gasteiger partial charge in [-0.05, 0) is 78.1 Å². The molecule has 10 heteroatoms. The first kappa shape index (κ1) is 43.0. The van der Waals surface area contributed by atoms with Gasteiger partial charge in [-0.3, -0.25) is 24.0 Å². The van der Waals surface area contributed by atoms with Crippen LogP contribution < -0.4 is 0 Å². The molecule has 0 aromatic rings. The molecule has 2 heterocycles. The third-order valence-electron chi connectivity index (χ3n) is 13.3. The lowest BCUT2D eigenvalue weighted by atomic mass is 9.53. The Bertz CT molecular complexity index is 1470. The van der Waals surface area contributed by atoms with Gasteiger partial charge in [0.1, 0.15) is 29.1 Å². The lowest BCUT2D eigenvalue weighted by Gasteiger charge is -2.51. The van der Waals surface area contributed by atoms with Crippen LogP contribution in [0.4, 0.5) is 0 Å². The van der Waals surface area contributed by atoms with E-state index in [0.717, 1.165) is 24.0 Å². The van der Waals surface area contributed by atoms with Gasteiger partial charge >= 0.3 is 11.9 Å². The Balaban J connectivity index is 2.02. The summed E-state index contributed by atoms with van der Waals surface area (Å²) in [7, 11) is 1.28. The second kappa shape index (κ2) is 17.0. The number of ether oxygens (including phenoxy) is 3. The van der Waals surface area contributed by atoms with E-state index in [2.05, 4.69) is 0 Å².